The van der Waals surface area contributed by atoms with Crippen molar-refractivity contribution in [1.29, 1.82) is 0 Å². The monoisotopic (exact) mass is 244 g/mol. The molecule has 0 aromatic heterocycles. The fourth-order valence-electron chi connectivity index (χ4n) is 1.09. The van der Waals surface area contributed by atoms with Gasteiger partial charge in [0.05, 0.1) is 12.0 Å². The highest BCUT2D eigenvalue weighted by Crippen LogP contribution is 2.03. The molecule has 0 heterocycles. The summed E-state index contributed by atoms with van der Waals surface area (Å²) >= 11 is 0. The van der Waals surface area contributed by atoms with E-state index in [-0.39, 0.29) is 42.4 Å². The van der Waals surface area contributed by atoms with Crippen LogP contribution in [0.3, 0.4) is 0 Å². The van der Waals surface area contributed by atoms with Crippen molar-refractivity contribution in [3.63, 3.8) is 0 Å². The zero-order chi connectivity index (χ0) is 13.6. The van der Waals surface area contributed by atoms with Gasteiger partial charge in [0.1, 0.15) is 0 Å². The summed E-state index contributed by atoms with van der Waals surface area (Å²) in [6.45, 7) is 9.13. The van der Waals surface area contributed by atoms with Crippen LogP contribution in [0, 0.1) is 11.8 Å². The van der Waals surface area contributed by atoms with E-state index in [2.05, 4.69) is 5.32 Å². The summed E-state index contributed by atoms with van der Waals surface area (Å²) in [6, 6.07) is -0.201. The summed E-state index contributed by atoms with van der Waals surface area (Å²) in [6.07, 6.45) is -0.136. The number of rotatable bonds is 6. The average Bonchev–Trinajstić information content (AvgIpc) is 2.22. The zero-order valence-electron chi connectivity index (χ0n) is 11.3. The summed E-state index contributed by atoms with van der Waals surface area (Å²) < 4.78 is 5.04. The number of nitrogens with two attached hydrogens (primary N) is 1. The molecule has 5 heteroatoms. The maximum Gasteiger partial charge on any atom is 0.310 e. The van der Waals surface area contributed by atoms with E-state index in [1.807, 2.05) is 0 Å². The van der Waals surface area contributed by atoms with E-state index in [9.17, 15) is 9.59 Å². The van der Waals surface area contributed by atoms with E-state index in [4.69, 9.17) is 10.5 Å². The first-order chi connectivity index (χ1) is 7.75. The lowest BCUT2D eigenvalue weighted by Crippen LogP contribution is -2.41. The van der Waals surface area contributed by atoms with Gasteiger partial charge in [0, 0.05) is 18.5 Å². The molecule has 3 atom stereocenters. The van der Waals surface area contributed by atoms with Crippen LogP contribution >= 0.6 is 0 Å². The van der Waals surface area contributed by atoms with Gasteiger partial charge >= 0.3 is 5.97 Å². The summed E-state index contributed by atoms with van der Waals surface area (Å²) in [5.41, 5.74) is 5.62. The molecule has 0 radical (unpaired) electrons. The van der Waals surface area contributed by atoms with Gasteiger partial charge in [-0.15, -0.1) is 0 Å². The predicted molar refractivity (Wildman–Crippen MR) is 66.2 cm³/mol. The molecule has 100 valence electrons. The SMILES string of the molecule is CC(C)OC(=O)C(C)CNC(=O)C(C)C(C)N. The van der Waals surface area contributed by atoms with Gasteiger partial charge in [0.2, 0.25) is 5.91 Å². The normalized spacial score (nSPS) is 16.2. The fraction of sp³-hybridized carbons (Fsp3) is 0.833. The molecule has 0 spiro atoms. The number of nitrogens with one attached hydrogen (secondary N) is 1. The third-order valence-corrected chi connectivity index (χ3v) is 2.54. The standard InChI is InChI=1S/C12H24N2O3/c1-7(2)17-12(16)8(3)6-14-11(15)9(4)10(5)13/h7-10H,6,13H2,1-5H3,(H,14,15). The topological polar surface area (TPSA) is 81.4 Å². The Morgan fingerprint density at radius 1 is 1.18 bits per heavy atom. The Kier molecular flexibility index (Phi) is 6.80. The number of carbonyl (C=O) groups is 2. The summed E-state index contributed by atoms with van der Waals surface area (Å²) in [5.74, 6) is -1.04. The molecule has 5 nitrogen and oxygen atoms in total. The van der Waals surface area contributed by atoms with Crippen molar-refractivity contribution in [3.05, 3.63) is 0 Å². The molecule has 0 aliphatic rings. The Balaban J connectivity index is 4.03. The van der Waals surface area contributed by atoms with Gasteiger partial charge in [-0.3, -0.25) is 9.59 Å². The van der Waals surface area contributed by atoms with Crippen LogP contribution < -0.4 is 11.1 Å². The molecule has 0 saturated heterocycles. The predicted octanol–water partition coefficient (Wildman–Crippen LogP) is 0.674. The van der Waals surface area contributed by atoms with Gasteiger partial charge in [0.25, 0.3) is 0 Å². The summed E-state index contributed by atoms with van der Waals surface area (Å²) in [4.78, 5) is 23.1. The molecule has 0 bridgehead atoms. The van der Waals surface area contributed by atoms with Crippen LogP contribution in [0.4, 0.5) is 0 Å². The molecule has 0 saturated carbocycles. The number of hydrogen-bond acceptors (Lipinski definition) is 4. The Hall–Kier alpha value is -1.10. The van der Waals surface area contributed by atoms with Crippen molar-refractivity contribution in [2.75, 3.05) is 6.54 Å². The lowest BCUT2D eigenvalue weighted by molar-refractivity contribution is -0.151. The number of hydrogen-bond donors (Lipinski definition) is 2. The van der Waals surface area contributed by atoms with E-state index in [1.54, 1.807) is 34.6 Å². The van der Waals surface area contributed by atoms with Crippen LogP contribution in [0.15, 0.2) is 0 Å². The van der Waals surface area contributed by atoms with Crippen molar-refractivity contribution >= 4 is 11.9 Å². The van der Waals surface area contributed by atoms with Gasteiger partial charge in [-0.05, 0) is 20.8 Å². The maximum atomic E-state index is 11.6. The van der Waals surface area contributed by atoms with Crippen molar-refractivity contribution in [3.8, 4) is 0 Å². The zero-order valence-corrected chi connectivity index (χ0v) is 11.3. The molecule has 17 heavy (non-hydrogen) atoms. The largest absolute Gasteiger partial charge is 0.463 e. The molecule has 0 rings (SSSR count). The second kappa shape index (κ2) is 7.27. The molecule has 0 aromatic carbocycles. The van der Waals surface area contributed by atoms with E-state index in [1.165, 1.54) is 0 Å². The third kappa shape index (κ3) is 6.26. The van der Waals surface area contributed by atoms with Gasteiger partial charge in [0.15, 0.2) is 0 Å². The van der Waals surface area contributed by atoms with Crippen LogP contribution in [-0.2, 0) is 14.3 Å². The van der Waals surface area contributed by atoms with E-state index < -0.39 is 0 Å². The Morgan fingerprint density at radius 3 is 2.12 bits per heavy atom. The first-order valence-electron chi connectivity index (χ1n) is 5.99. The maximum absolute atomic E-state index is 11.6. The van der Waals surface area contributed by atoms with Gasteiger partial charge in [-0.25, -0.2) is 0 Å². The van der Waals surface area contributed by atoms with Gasteiger partial charge < -0.3 is 15.8 Å². The molecule has 0 aliphatic heterocycles. The highest BCUT2D eigenvalue weighted by molar-refractivity contribution is 5.80. The second-order valence-corrected chi connectivity index (χ2v) is 4.78. The van der Waals surface area contributed by atoms with Crippen molar-refractivity contribution in [2.45, 2.75) is 46.8 Å². The fourth-order valence-corrected chi connectivity index (χ4v) is 1.09. The number of ether oxygens (including phenoxy) is 1. The number of amides is 1. The molecule has 3 unspecified atom stereocenters. The Labute approximate surface area is 103 Å². The highest BCUT2D eigenvalue weighted by Gasteiger charge is 2.20. The van der Waals surface area contributed by atoms with Crippen LogP contribution in [-0.4, -0.2) is 30.6 Å². The second-order valence-electron chi connectivity index (χ2n) is 4.78. The lowest BCUT2D eigenvalue weighted by Gasteiger charge is -2.18. The summed E-state index contributed by atoms with van der Waals surface area (Å²) in [5, 5.41) is 2.70. The number of esters is 1. The smallest absolute Gasteiger partial charge is 0.310 e. The quantitative estimate of drug-likeness (QED) is 0.673. The molecule has 3 N–H and O–H groups in total. The van der Waals surface area contributed by atoms with Crippen LogP contribution in [0.1, 0.15) is 34.6 Å². The molecule has 0 fully saturated rings. The first kappa shape index (κ1) is 15.9. The van der Waals surface area contributed by atoms with Gasteiger partial charge in [-0.2, -0.15) is 0 Å². The highest BCUT2D eigenvalue weighted by atomic mass is 16.5. The van der Waals surface area contributed by atoms with Crippen molar-refractivity contribution in [1.82, 2.24) is 5.32 Å². The minimum Gasteiger partial charge on any atom is -0.463 e. The van der Waals surface area contributed by atoms with Crippen LogP contribution in [0.2, 0.25) is 0 Å². The molecule has 1 amide bonds. The van der Waals surface area contributed by atoms with Crippen LogP contribution in [0.25, 0.3) is 0 Å². The minimum atomic E-state index is -0.346. The molecular weight excluding hydrogens is 220 g/mol. The third-order valence-electron chi connectivity index (χ3n) is 2.54. The molecular formula is C12H24N2O3. The van der Waals surface area contributed by atoms with E-state index >= 15 is 0 Å². The van der Waals surface area contributed by atoms with Crippen molar-refractivity contribution < 1.29 is 14.3 Å². The van der Waals surface area contributed by atoms with Gasteiger partial charge in [-0.1, -0.05) is 13.8 Å². The average molecular weight is 244 g/mol. The summed E-state index contributed by atoms with van der Waals surface area (Å²) in [7, 11) is 0. The molecule has 0 aromatic rings. The minimum absolute atomic E-state index is 0.135. The number of carbonyl (C=O) groups excluding carboxylic acids is 2. The Morgan fingerprint density at radius 2 is 1.71 bits per heavy atom. The first-order valence-corrected chi connectivity index (χ1v) is 5.99. The van der Waals surface area contributed by atoms with E-state index in [0.29, 0.717) is 0 Å². The van der Waals surface area contributed by atoms with E-state index in [0.717, 1.165) is 0 Å². The Bertz CT molecular complexity index is 264. The molecule has 0 aliphatic carbocycles. The van der Waals surface area contributed by atoms with Crippen molar-refractivity contribution in [2.24, 2.45) is 17.6 Å². The lowest BCUT2D eigenvalue weighted by atomic mass is 10.0. The van der Waals surface area contributed by atoms with Crippen LogP contribution in [0.5, 0.6) is 0 Å².